The van der Waals surface area contributed by atoms with Gasteiger partial charge in [-0.2, -0.15) is 13.2 Å². The molecule has 0 spiro atoms. The van der Waals surface area contributed by atoms with Crippen molar-refractivity contribution < 1.29 is 13.2 Å². The van der Waals surface area contributed by atoms with E-state index in [0.29, 0.717) is 12.4 Å². The van der Waals surface area contributed by atoms with E-state index >= 15 is 0 Å². The van der Waals surface area contributed by atoms with Crippen LogP contribution < -0.4 is 5.32 Å². The van der Waals surface area contributed by atoms with Gasteiger partial charge in [0.15, 0.2) is 5.69 Å². The molecule has 0 saturated heterocycles. The third kappa shape index (κ3) is 2.77. The Morgan fingerprint density at radius 1 is 1.20 bits per heavy atom. The van der Waals surface area contributed by atoms with Crippen molar-refractivity contribution >= 4 is 17.2 Å². The Hall–Kier alpha value is -1.63. The van der Waals surface area contributed by atoms with Crippen LogP contribution in [0.25, 0.3) is 0 Å². The highest BCUT2D eigenvalue weighted by Gasteiger charge is 2.32. The topological polar surface area (TPSA) is 37.8 Å². The molecule has 106 valence electrons. The molecule has 1 aliphatic rings. The first-order valence-electron chi connectivity index (χ1n) is 6.27. The van der Waals surface area contributed by atoms with Crippen LogP contribution in [-0.4, -0.2) is 10.2 Å². The Kier molecular flexibility index (Phi) is 3.37. The molecule has 1 N–H and O–H groups in total. The zero-order valence-electron chi connectivity index (χ0n) is 10.5. The number of thiophene rings is 1. The van der Waals surface area contributed by atoms with Crippen LogP contribution in [-0.2, 0) is 25.6 Å². The van der Waals surface area contributed by atoms with Crippen molar-refractivity contribution in [2.45, 2.75) is 32.0 Å². The van der Waals surface area contributed by atoms with Crippen molar-refractivity contribution in [2.24, 2.45) is 0 Å². The van der Waals surface area contributed by atoms with Gasteiger partial charge in [0.1, 0.15) is 5.82 Å². The molecule has 2 aromatic heterocycles. The number of anilines is 1. The average Bonchev–Trinajstić information content (AvgIpc) is 2.96. The van der Waals surface area contributed by atoms with Crippen LogP contribution >= 0.6 is 11.3 Å². The molecule has 2 heterocycles. The fourth-order valence-corrected chi connectivity index (χ4v) is 3.43. The molecule has 0 aromatic carbocycles. The third-order valence-electron chi connectivity index (χ3n) is 3.20. The third-order valence-corrected chi connectivity index (χ3v) is 4.43. The molecule has 0 radical (unpaired) electrons. The summed E-state index contributed by atoms with van der Waals surface area (Å²) in [7, 11) is 0. The van der Waals surface area contributed by atoms with E-state index in [9.17, 15) is 13.2 Å². The summed E-state index contributed by atoms with van der Waals surface area (Å²) < 4.78 is 37.0. The number of halogens is 3. The van der Waals surface area contributed by atoms with Crippen molar-refractivity contribution in [3.63, 3.8) is 0 Å². The van der Waals surface area contributed by atoms with Gasteiger partial charge in [-0.15, -0.1) is 21.5 Å². The molecule has 1 aliphatic carbocycles. The lowest BCUT2D eigenvalue weighted by Crippen LogP contribution is -2.10. The van der Waals surface area contributed by atoms with E-state index in [-0.39, 0.29) is 0 Å². The van der Waals surface area contributed by atoms with Gasteiger partial charge in [0, 0.05) is 9.75 Å². The Morgan fingerprint density at radius 2 is 2.05 bits per heavy atom. The molecular formula is C13H12F3N3S. The lowest BCUT2D eigenvalue weighted by Gasteiger charge is -2.06. The molecule has 0 unspecified atom stereocenters. The largest absolute Gasteiger partial charge is 0.435 e. The smallest absolute Gasteiger partial charge is 0.364 e. The summed E-state index contributed by atoms with van der Waals surface area (Å²) in [5.41, 5.74) is 0.434. The number of fused-ring (bicyclic) bond motifs is 1. The highest BCUT2D eigenvalue weighted by atomic mass is 32.1. The second-order valence-corrected chi connectivity index (χ2v) is 5.89. The monoisotopic (exact) mass is 299 g/mol. The fraction of sp³-hybridized carbons (Fsp3) is 0.385. The predicted octanol–water partition coefficient (Wildman–Crippen LogP) is 3.66. The molecular weight excluding hydrogens is 287 g/mol. The number of alkyl halides is 3. The Balaban J connectivity index is 1.63. The van der Waals surface area contributed by atoms with Crippen molar-refractivity contribution in [3.05, 3.63) is 39.2 Å². The summed E-state index contributed by atoms with van der Waals surface area (Å²) in [6, 6.07) is 4.40. The van der Waals surface area contributed by atoms with E-state index in [4.69, 9.17) is 0 Å². The first-order valence-corrected chi connectivity index (χ1v) is 7.09. The molecule has 2 aromatic rings. The quantitative estimate of drug-likeness (QED) is 0.940. The van der Waals surface area contributed by atoms with Crippen molar-refractivity contribution in [3.8, 4) is 0 Å². The maximum Gasteiger partial charge on any atom is 0.435 e. The maximum atomic E-state index is 12.3. The van der Waals surface area contributed by atoms with Gasteiger partial charge < -0.3 is 5.32 Å². The highest BCUT2D eigenvalue weighted by Crippen LogP contribution is 2.31. The van der Waals surface area contributed by atoms with Gasteiger partial charge in [0.05, 0.1) is 6.54 Å². The van der Waals surface area contributed by atoms with Crippen LogP contribution in [0.5, 0.6) is 0 Å². The zero-order chi connectivity index (χ0) is 14.2. The second-order valence-electron chi connectivity index (χ2n) is 4.67. The molecule has 0 aliphatic heterocycles. The van der Waals surface area contributed by atoms with Crippen LogP contribution in [0.15, 0.2) is 18.2 Å². The number of aromatic nitrogens is 2. The predicted molar refractivity (Wildman–Crippen MR) is 70.7 cm³/mol. The standard InChI is InChI=1S/C13H12F3N3S/c14-13(15,16)11-4-5-12(19-18-11)17-7-9-6-8-2-1-3-10(8)20-9/h4-6H,1-3,7H2,(H,17,19). The molecule has 3 rings (SSSR count). The van der Waals surface area contributed by atoms with E-state index in [1.54, 1.807) is 11.3 Å². The summed E-state index contributed by atoms with van der Waals surface area (Å²) >= 11 is 1.76. The molecule has 7 heteroatoms. The molecule has 0 atom stereocenters. The summed E-state index contributed by atoms with van der Waals surface area (Å²) in [5, 5.41) is 9.72. The van der Waals surface area contributed by atoms with Crippen molar-refractivity contribution in [2.75, 3.05) is 5.32 Å². The van der Waals surface area contributed by atoms with Crippen LogP contribution in [0.2, 0.25) is 0 Å². The lowest BCUT2D eigenvalue weighted by atomic mass is 10.2. The number of nitrogens with one attached hydrogen (secondary N) is 1. The van der Waals surface area contributed by atoms with E-state index in [1.165, 1.54) is 27.8 Å². The van der Waals surface area contributed by atoms with Gasteiger partial charge in [-0.3, -0.25) is 0 Å². The van der Waals surface area contributed by atoms with E-state index < -0.39 is 11.9 Å². The number of aryl methyl sites for hydroxylation is 2. The van der Waals surface area contributed by atoms with E-state index in [2.05, 4.69) is 21.6 Å². The van der Waals surface area contributed by atoms with E-state index in [1.807, 2.05) is 0 Å². The van der Waals surface area contributed by atoms with Gasteiger partial charge in [0.25, 0.3) is 0 Å². The van der Waals surface area contributed by atoms with Crippen LogP contribution in [0, 0.1) is 0 Å². The van der Waals surface area contributed by atoms with Gasteiger partial charge in [-0.05, 0) is 43.0 Å². The average molecular weight is 299 g/mol. The Labute approximate surface area is 117 Å². The van der Waals surface area contributed by atoms with Gasteiger partial charge >= 0.3 is 6.18 Å². The van der Waals surface area contributed by atoms with Gasteiger partial charge in [-0.1, -0.05) is 0 Å². The minimum atomic E-state index is -4.44. The van der Waals surface area contributed by atoms with Crippen LogP contribution in [0.1, 0.15) is 27.4 Å². The van der Waals surface area contributed by atoms with Gasteiger partial charge in [0.2, 0.25) is 0 Å². The zero-order valence-corrected chi connectivity index (χ0v) is 11.3. The molecule has 3 nitrogen and oxygen atoms in total. The molecule has 0 saturated carbocycles. The van der Waals surface area contributed by atoms with Crippen LogP contribution in [0.3, 0.4) is 0 Å². The maximum absolute atomic E-state index is 12.3. The molecule has 0 fully saturated rings. The first kappa shape index (κ1) is 13.4. The van der Waals surface area contributed by atoms with Crippen molar-refractivity contribution in [1.29, 1.82) is 0 Å². The minimum absolute atomic E-state index is 0.353. The number of hydrogen-bond acceptors (Lipinski definition) is 4. The van der Waals surface area contributed by atoms with E-state index in [0.717, 1.165) is 18.9 Å². The highest BCUT2D eigenvalue weighted by molar-refractivity contribution is 7.12. The Bertz CT molecular complexity index is 583. The SMILES string of the molecule is FC(F)(F)c1ccc(NCc2cc3c(s2)CCC3)nn1. The Morgan fingerprint density at radius 3 is 2.70 bits per heavy atom. The number of rotatable bonds is 3. The molecule has 0 amide bonds. The lowest BCUT2D eigenvalue weighted by molar-refractivity contribution is -0.141. The summed E-state index contributed by atoms with van der Waals surface area (Å²) in [5.74, 6) is 0.353. The first-order chi connectivity index (χ1) is 9.52. The van der Waals surface area contributed by atoms with Crippen LogP contribution in [0.4, 0.5) is 19.0 Å². The van der Waals surface area contributed by atoms with Gasteiger partial charge in [-0.25, -0.2) is 0 Å². The summed E-state index contributed by atoms with van der Waals surface area (Å²) in [6.45, 7) is 0.567. The van der Waals surface area contributed by atoms with Crippen molar-refractivity contribution in [1.82, 2.24) is 10.2 Å². The fourth-order valence-electron chi connectivity index (χ4n) is 2.23. The molecule has 20 heavy (non-hydrogen) atoms. The normalized spacial score (nSPS) is 14.3. The second kappa shape index (κ2) is 5.05. The number of nitrogens with zero attached hydrogens (tertiary/aromatic N) is 2. The minimum Gasteiger partial charge on any atom is -0.364 e. The molecule has 0 bridgehead atoms. The number of hydrogen-bond donors (Lipinski definition) is 1. The summed E-state index contributed by atoms with van der Waals surface area (Å²) in [4.78, 5) is 2.61. The summed E-state index contributed by atoms with van der Waals surface area (Å²) in [6.07, 6.45) is -0.953.